The number of halogens is 2. The van der Waals surface area contributed by atoms with Crippen LogP contribution in [0.5, 0.6) is 0 Å². The highest BCUT2D eigenvalue weighted by Gasteiger charge is 2.19. The lowest BCUT2D eigenvalue weighted by molar-refractivity contribution is 0.553. The number of benzene rings is 4. The van der Waals surface area contributed by atoms with Crippen molar-refractivity contribution in [2.45, 2.75) is 45.4 Å². The van der Waals surface area contributed by atoms with Crippen molar-refractivity contribution in [2.24, 2.45) is 0 Å². The molecule has 31 heavy (non-hydrogen) atoms. The Kier molecular flexibility index (Phi) is 6.46. The molecule has 1 atom stereocenters. The monoisotopic (exact) mass is 414 g/mol. The SMILES string of the molecule is CCCCC(Cc1ccc2ccccc2c1)c1cc(F)c(-c2ccc(C)cc2)c(F)c1. The average molecular weight is 415 g/mol. The Morgan fingerprint density at radius 2 is 1.45 bits per heavy atom. The summed E-state index contributed by atoms with van der Waals surface area (Å²) in [5.41, 5.74) is 3.64. The number of hydrogen-bond acceptors (Lipinski definition) is 0. The number of unbranched alkanes of at least 4 members (excludes halogenated alkanes) is 1. The van der Waals surface area contributed by atoms with Crippen LogP contribution in [0.4, 0.5) is 8.78 Å². The highest BCUT2D eigenvalue weighted by atomic mass is 19.1. The van der Waals surface area contributed by atoms with E-state index < -0.39 is 11.6 Å². The summed E-state index contributed by atoms with van der Waals surface area (Å²) in [4.78, 5) is 0. The zero-order valence-electron chi connectivity index (χ0n) is 18.2. The first-order chi connectivity index (χ1) is 15.0. The van der Waals surface area contributed by atoms with E-state index in [1.54, 1.807) is 24.3 Å². The number of aryl methyl sites for hydroxylation is 1. The van der Waals surface area contributed by atoms with Crippen molar-refractivity contribution in [3.63, 3.8) is 0 Å². The van der Waals surface area contributed by atoms with Gasteiger partial charge in [0, 0.05) is 0 Å². The molecule has 0 N–H and O–H groups in total. The standard InChI is InChI=1S/C29H28F2/c1-3-4-7-25(17-21-12-15-22-8-5-6-9-24(22)16-21)26-18-27(30)29(28(31)19-26)23-13-10-20(2)11-14-23/h5-6,8-16,18-19,25H,3-4,7,17H2,1-2H3. The Balaban J connectivity index is 1.67. The zero-order valence-corrected chi connectivity index (χ0v) is 18.2. The third-order valence-electron chi connectivity index (χ3n) is 6.08. The molecule has 2 heteroatoms. The molecule has 0 bridgehead atoms. The van der Waals surface area contributed by atoms with Gasteiger partial charge in [-0.05, 0) is 65.3 Å². The molecule has 0 heterocycles. The van der Waals surface area contributed by atoms with E-state index >= 15 is 8.78 Å². The lowest BCUT2D eigenvalue weighted by Crippen LogP contribution is -2.06. The fourth-order valence-electron chi connectivity index (χ4n) is 4.31. The minimum absolute atomic E-state index is 0.0590. The van der Waals surface area contributed by atoms with Gasteiger partial charge in [-0.1, -0.05) is 92.1 Å². The van der Waals surface area contributed by atoms with Crippen LogP contribution < -0.4 is 0 Å². The molecule has 0 amide bonds. The van der Waals surface area contributed by atoms with E-state index in [-0.39, 0.29) is 11.5 Å². The quantitative estimate of drug-likeness (QED) is 0.284. The predicted octanol–water partition coefficient (Wildman–Crippen LogP) is 8.61. The van der Waals surface area contributed by atoms with Crippen LogP contribution in [-0.4, -0.2) is 0 Å². The van der Waals surface area contributed by atoms with Gasteiger partial charge >= 0.3 is 0 Å². The van der Waals surface area contributed by atoms with Gasteiger partial charge in [0.25, 0.3) is 0 Å². The molecular formula is C29H28F2. The lowest BCUT2D eigenvalue weighted by atomic mass is 9.86. The van der Waals surface area contributed by atoms with E-state index in [2.05, 4.69) is 37.3 Å². The Hall–Kier alpha value is -3.00. The summed E-state index contributed by atoms with van der Waals surface area (Å²) in [6, 6.07) is 25.1. The topological polar surface area (TPSA) is 0 Å². The lowest BCUT2D eigenvalue weighted by Gasteiger charge is -2.19. The first kappa shape index (κ1) is 21.2. The molecule has 0 fully saturated rings. The van der Waals surface area contributed by atoms with Crippen molar-refractivity contribution in [1.82, 2.24) is 0 Å². The second-order valence-electron chi connectivity index (χ2n) is 8.45. The normalized spacial score (nSPS) is 12.3. The second kappa shape index (κ2) is 9.43. The van der Waals surface area contributed by atoms with Gasteiger partial charge in [-0.3, -0.25) is 0 Å². The zero-order chi connectivity index (χ0) is 21.8. The highest BCUT2D eigenvalue weighted by molar-refractivity contribution is 5.83. The molecule has 4 aromatic carbocycles. The summed E-state index contributed by atoms with van der Waals surface area (Å²) in [5.74, 6) is -0.894. The van der Waals surface area contributed by atoms with Crippen molar-refractivity contribution in [3.8, 4) is 11.1 Å². The van der Waals surface area contributed by atoms with Gasteiger partial charge in [0.1, 0.15) is 11.6 Å². The molecule has 1 unspecified atom stereocenters. The van der Waals surface area contributed by atoms with Crippen LogP contribution in [0.25, 0.3) is 21.9 Å². The van der Waals surface area contributed by atoms with Crippen LogP contribution in [0.3, 0.4) is 0 Å². The molecule has 0 aliphatic heterocycles. The first-order valence-corrected chi connectivity index (χ1v) is 11.1. The highest BCUT2D eigenvalue weighted by Crippen LogP contribution is 2.33. The Morgan fingerprint density at radius 1 is 0.774 bits per heavy atom. The molecule has 4 rings (SSSR count). The van der Waals surface area contributed by atoms with E-state index in [0.717, 1.165) is 36.8 Å². The maximum absolute atomic E-state index is 15.1. The van der Waals surface area contributed by atoms with E-state index in [0.29, 0.717) is 5.56 Å². The molecule has 0 spiro atoms. The van der Waals surface area contributed by atoms with Gasteiger partial charge in [-0.2, -0.15) is 0 Å². The molecule has 0 radical (unpaired) electrons. The fourth-order valence-corrected chi connectivity index (χ4v) is 4.31. The van der Waals surface area contributed by atoms with E-state index in [1.165, 1.54) is 16.3 Å². The van der Waals surface area contributed by atoms with E-state index in [4.69, 9.17) is 0 Å². The van der Waals surface area contributed by atoms with Gasteiger partial charge in [0.2, 0.25) is 0 Å². The van der Waals surface area contributed by atoms with Gasteiger partial charge in [0.05, 0.1) is 5.56 Å². The van der Waals surface area contributed by atoms with Crippen molar-refractivity contribution in [1.29, 1.82) is 0 Å². The molecule has 158 valence electrons. The summed E-state index contributed by atoms with van der Waals surface area (Å²) < 4.78 is 30.2. The molecule has 4 aromatic rings. The smallest absolute Gasteiger partial charge is 0.134 e. The van der Waals surface area contributed by atoms with Crippen molar-refractivity contribution < 1.29 is 8.78 Å². The van der Waals surface area contributed by atoms with Crippen LogP contribution in [-0.2, 0) is 6.42 Å². The van der Waals surface area contributed by atoms with Crippen LogP contribution >= 0.6 is 0 Å². The third kappa shape index (κ3) is 4.85. The largest absolute Gasteiger partial charge is 0.206 e. The molecule has 0 aliphatic carbocycles. The van der Waals surface area contributed by atoms with Gasteiger partial charge in [0.15, 0.2) is 0 Å². The molecule has 0 aliphatic rings. The van der Waals surface area contributed by atoms with Crippen LogP contribution in [0.1, 0.15) is 48.8 Å². The Bertz CT molecular complexity index is 1150. The van der Waals surface area contributed by atoms with E-state index in [1.807, 2.05) is 31.2 Å². The molecule has 0 saturated carbocycles. The van der Waals surface area contributed by atoms with Gasteiger partial charge < -0.3 is 0 Å². The molecular weight excluding hydrogens is 386 g/mol. The average Bonchev–Trinajstić information content (AvgIpc) is 2.77. The first-order valence-electron chi connectivity index (χ1n) is 11.1. The molecule has 0 aromatic heterocycles. The maximum atomic E-state index is 15.1. The van der Waals surface area contributed by atoms with Crippen molar-refractivity contribution >= 4 is 10.8 Å². The Morgan fingerprint density at radius 3 is 2.13 bits per heavy atom. The summed E-state index contributed by atoms with van der Waals surface area (Å²) in [6.45, 7) is 4.11. The summed E-state index contributed by atoms with van der Waals surface area (Å²) in [5, 5.41) is 2.40. The summed E-state index contributed by atoms with van der Waals surface area (Å²) >= 11 is 0. The van der Waals surface area contributed by atoms with Crippen molar-refractivity contribution in [3.05, 3.63) is 107 Å². The summed E-state index contributed by atoms with van der Waals surface area (Å²) in [6.07, 6.45) is 3.77. The van der Waals surface area contributed by atoms with Crippen LogP contribution in [0.2, 0.25) is 0 Å². The van der Waals surface area contributed by atoms with Crippen LogP contribution in [0.15, 0.2) is 78.9 Å². The predicted molar refractivity (Wildman–Crippen MR) is 126 cm³/mol. The van der Waals surface area contributed by atoms with Gasteiger partial charge in [-0.25, -0.2) is 8.78 Å². The minimum atomic E-state index is -0.487. The Labute approximate surface area is 183 Å². The van der Waals surface area contributed by atoms with Gasteiger partial charge in [-0.15, -0.1) is 0 Å². The molecule has 0 saturated heterocycles. The minimum Gasteiger partial charge on any atom is -0.206 e. The summed E-state index contributed by atoms with van der Waals surface area (Å²) in [7, 11) is 0. The maximum Gasteiger partial charge on any atom is 0.134 e. The molecule has 0 nitrogen and oxygen atoms in total. The van der Waals surface area contributed by atoms with Crippen LogP contribution in [0, 0.1) is 18.6 Å². The second-order valence-corrected chi connectivity index (χ2v) is 8.45. The van der Waals surface area contributed by atoms with E-state index in [9.17, 15) is 0 Å². The number of fused-ring (bicyclic) bond motifs is 1. The van der Waals surface area contributed by atoms with Crippen molar-refractivity contribution in [2.75, 3.05) is 0 Å². The fraction of sp³-hybridized carbons (Fsp3) is 0.241. The number of hydrogen-bond donors (Lipinski definition) is 0. The third-order valence-corrected chi connectivity index (χ3v) is 6.08. The number of rotatable bonds is 7.